The molecule has 2 rings (SSSR count). The lowest BCUT2D eigenvalue weighted by Gasteiger charge is -2.31. The van der Waals surface area contributed by atoms with Crippen LogP contribution in [0.25, 0.3) is 0 Å². The maximum atomic E-state index is 9.88. The summed E-state index contributed by atoms with van der Waals surface area (Å²) in [5, 5.41) is 9.88. The second-order valence-electron chi connectivity index (χ2n) is 5.17. The fourth-order valence-corrected chi connectivity index (χ4v) is 2.40. The molecule has 19 heavy (non-hydrogen) atoms. The monoisotopic (exact) mass is 255 g/mol. The van der Waals surface area contributed by atoms with Crippen molar-refractivity contribution in [3.05, 3.63) is 71.3 Å². The Morgan fingerprint density at radius 3 is 2.16 bits per heavy atom. The summed E-state index contributed by atoms with van der Waals surface area (Å²) in [5.41, 5.74) is 9.10. The smallest absolute Gasteiger partial charge is 0.0543 e. The van der Waals surface area contributed by atoms with Gasteiger partial charge in [-0.2, -0.15) is 0 Å². The third kappa shape index (κ3) is 3.03. The van der Waals surface area contributed by atoms with Crippen LogP contribution in [0.2, 0.25) is 0 Å². The Labute approximate surface area is 114 Å². The van der Waals surface area contributed by atoms with Crippen molar-refractivity contribution >= 4 is 0 Å². The molecule has 0 fully saturated rings. The molecule has 1 atom stereocenters. The van der Waals surface area contributed by atoms with Crippen molar-refractivity contribution < 1.29 is 5.11 Å². The Morgan fingerprint density at radius 1 is 1.00 bits per heavy atom. The molecule has 3 N–H and O–H groups in total. The molecule has 100 valence electrons. The summed E-state index contributed by atoms with van der Waals surface area (Å²) in [6.45, 7) is 2.55. The van der Waals surface area contributed by atoms with E-state index in [-0.39, 0.29) is 6.61 Å². The molecule has 0 saturated heterocycles. The van der Waals surface area contributed by atoms with Gasteiger partial charge < -0.3 is 10.8 Å². The number of nitrogens with two attached hydrogens (primary N) is 1. The quantitative estimate of drug-likeness (QED) is 0.862. The second-order valence-corrected chi connectivity index (χ2v) is 5.17. The molecule has 2 heteroatoms. The van der Waals surface area contributed by atoms with Crippen LogP contribution in [0.15, 0.2) is 54.6 Å². The molecule has 0 heterocycles. The van der Waals surface area contributed by atoms with E-state index in [1.54, 1.807) is 0 Å². The Bertz CT molecular complexity index is 501. The summed E-state index contributed by atoms with van der Waals surface area (Å²) < 4.78 is 0. The molecular formula is C17H21NO. The van der Waals surface area contributed by atoms with Gasteiger partial charge in [-0.1, -0.05) is 60.2 Å². The molecular weight excluding hydrogens is 234 g/mol. The zero-order chi connectivity index (χ0) is 13.7. The van der Waals surface area contributed by atoms with Gasteiger partial charge in [-0.15, -0.1) is 0 Å². The molecule has 0 aliphatic heterocycles. The van der Waals surface area contributed by atoms with Crippen molar-refractivity contribution in [2.45, 2.75) is 18.8 Å². The molecule has 0 saturated carbocycles. The minimum atomic E-state index is -0.394. The largest absolute Gasteiger partial charge is 0.395 e. The first kappa shape index (κ1) is 13.8. The van der Waals surface area contributed by atoms with Crippen LogP contribution in [-0.4, -0.2) is 18.3 Å². The topological polar surface area (TPSA) is 46.2 Å². The second kappa shape index (κ2) is 6.00. The maximum Gasteiger partial charge on any atom is 0.0543 e. The first-order chi connectivity index (χ1) is 9.20. The number of hydrogen-bond donors (Lipinski definition) is 2. The Kier molecular flexibility index (Phi) is 4.35. The summed E-state index contributed by atoms with van der Waals surface area (Å²) >= 11 is 0. The molecule has 1 unspecified atom stereocenters. The summed E-state index contributed by atoms with van der Waals surface area (Å²) in [6.07, 6.45) is 0.754. The minimum Gasteiger partial charge on any atom is -0.395 e. The predicted octanol–water partition coefficient (Wildman–Crippen LogP) is 2.43. The van der Waals surface area contributed by atoms with E-state index >= 15 is 0 Å². The third-order valence-electron chi connectivity index (χ3n) is 3.74. The molecule has 2 aromatic carbocycles. The highest BCUT2D eigenvalue weighted by molar-refractivity contribution is 5.32. The van der Waals surface area contributed by atoms with Crippen LogP contribution in [0.3, 0.4) is 0 Å². The molecule has 0 aliphatic rings. The number of aliphatic hydroxyl groups is 1. The highest BCUT2D eigenvalue weighted by atomic mass is 16.3. The van der Waals surface area contributed by atoms with Crippen LogP contribution in [0.4, 0.5) is 0 Å². The lowest BCUT2D eigenvalue weighted by Crippen LogP contribution is -2.41. The van der Waals surface area contributed by atoms with E-state index in [2.05, 4.69) is 43.3 Å². The first-order valence-electron chi connectivity index (χ1n) is 6.62. The van der Waals surface area contributed by atoms with Gasteiger partial charge in [-0.05, 0) is 24.5 Å². The lowest BCUT2D eigenvalue weighted by atomic mass is 9.76. The van der Waals surface area contributed by atoms with Gasteiger partial charge in [-0.25, -0.2) is 0 Å². The van der Waals surface area contributed by atoms with Crippen molar-refractivity contribution in [1.82, 2.24) is 0 Å². The van der Waals surface area contributed by atoms with Crippen molar-refractivity contribution in [2.75, 3.05) is 13.2 Å². The van der Waals surface area contributed by atoms with E-state index in [4.69, 9.17) is 5.73 Å². The van der Waals surface area contributed by atoms with Gasteiger partial charge in [-0.3, -0.25) is 0 Å². The standard InChI is InChI=1S/C17H21NO/c1-14-7-9-16(10-8-14)17(12-18,13-19)11-15-5-3-2-4-6-15/h2-10,19H,11-13,18H2,1H3. The summed E-state index contributed by atoms with van der Waals surface area (Å²) in [6, 6.07) is 18.5. The zero-order valence-corrected chi connectivity index (χ0v) is 11.3. The number of rotatable bonds is 5. The van der Waals surface area contributed by atoms with E-state index in [9.17, 15) is 5.11 Å². The van der Waals surface area contributed by atoms with Gasteiger partial charge in [0.15, 0.2) is 0 Å². The number of aliphatic hydroxyl groups excluding tert-OH is 1. The van der Waals surface area contributed by atoms with Crippen LogP contribution in [0.5, 0.6) is 0 Å². The minimum absolute atomic E-state index is 0.0570. The van der Waals surface area contributed by atoms with Gasteiger partial charge in [0, 0.05) is 12.0 Å². The van der Waals surface area contributed by atoms with E-state index < -0.39 is 5.41 Å². The highest BCUT2D eigenvalue weighted by Crippen LogP contribution is 2.27. The molecule has 0 aliphatic carbocycles. The maximum absolute atomic E-state index is 9.88. The van der Waals surface area contributed by atoms with Gasteiger partial charge >= 0.3 is 0 Å². The summed E-state index contributed by atoms with van der Waals surface area (Å²) in [7, 11) is 0. The van der Waals surface area contributed by atoms with Gasteiger partial charge in [0.05, 0.1) is 6.61 Å². The Morgan fingerprint density at radius 2 is 1.63 bits per heavy atom. The van der Waals surface area contributed by atoms with E-state index in [0.29, 0.717) is 6.54 Å². The lowest BCUT2D eigenvalue weighted by molar-refractivity contribution is 0.196. The number of aryl methyl sites for hydroxylation is 1. The molecule has 0 aromatic heterocycles. The molecule has 0 radical (unpaired) electrons. The van der Waals surface area contributed by atoms with Crippen molar-refractivity contribution in [2.24, 2.45) is 5.73 Å². The third-order valence-corrected chi connectivity index (χ3v) is 3.74. The van der Waals surface area contributed by atoms with E-state index in [0.717, 1.165) is 12.0 Å². The molecule has 0 amide bonds. The average molecular weight is 255 g/mol. The highest BCUT2D eigenvalue weighted by Gasteiger charge is 2.30. The number of benzene rings is 2. The molecule has 2 aromatic rings. The normalized spacial score (nSPS) is 14.1. The summed E-state index contributed by atoms with van der Waals surface area (Å²) in [4.78, 5) is 0. The van der Waals surface area contributed by atoms with Crippen LogP contribution in [0.1, 0.15) is 16.7 Å². The predicted molar refractivity (Wildman–Crippen MR) is 79.1 cm³/mol. The van der Waals surface area contributed by atoms with E-state index in [1.165, 1.54) is 11.1 Å². The Hall–Kier alpha value is -1.64. The average Bonchev–Trinajstić information content (AvgIpc) is 2.47. The van der Waals surface area contributed by atoms with Crippen molar-refractivity contribution in [1.29, 1.82) is 0 Å². The number of hydrogen-bond acceptors (Lipinski definition) is 2. The SMILES string of the molecule is Cc1ccc(C(CN)(CO)Cc2ccccc2)cc1. The van der Waals surface area contributed by atoms with Gasteiger partial charge in [0.25, 0.3) is 0 Å². The van der Waals surface area contributed by atoms with Crippen molar-refractivity contribution in [3.8, 4) is 0 Å². The van der Waals surface area contributed by atoms with Crippen LogP contribution in [0, 0.1) is 6.92 Å². The molecule has 2 nitrogen and oxygen atoms in total. The molecule has 0 bridgehead atoms. The van der Waals surface area contributed by atoms with Gasteiger partial charge in [0.2, 0.25) is 0 Å². The first-order valence-corrected chi connectivity index (χ1v) is 6.62. The van der Waals surface area contributed by atoms with Crippen LogP contribution < -0.4 is 5.73 Å². The fourth-order valence-electron chi connectivity index (χ4n) is 2.40. The van der Waals surface area contributed by atoms with Crippen LogP contribution in [-0.2, 0) is 11.8 Å². The van der Waals surface area contributed by atoms with Gasteiger partial charge in [0.1, 0.15) is 0 Å². The van der Waals surface area contributed by atoms with Crippen LogP contribution >= 0.6 is 0 Å². The van der Waals surface area contributed by atoms with E-state index in [1.807, 2.05) is 18.2 Å². The summed E-state index contributed by atoms with van der Waals surface area (Å²) in [5.74, 6) is 0. The van der Waals surface area contributed by atoms with Crippen molar-refractivity contribution in [3.63, 3.8) is 0 Å². The Balaban J connectivity index is 2.34. The fraction of sp³-hybridized carbons (Fsp3) is 0.294. The molecule has 0 spiro atoms. The zero-order valence-electron chi connectivity index (χ0n) is 11.3.